The van der Waals surface area contributed by atoms with E-state index >= 15 is 0 Å². The first-order chi connectivity index (χ1) is 7.39. The highest BCUT2D eigenvalue weighted by Gasteiger charge is 2.39. The molecule has 0 saturated carbocycles. The van der Waals surface area contributed by atoms with Crippen LogP contribution in [0.25, 0.3) is 0 Å². The van der Waals surface area contributed by atoms with Gasteiger partial charge in [0.15, 0.2) is 9.84 Å². The molecule has 1 saturated heterocycles. The van der Waals surface area contributed by atoms with E-state index in [0.29, 0.717) is 6.54 Å². The first-order valence-corrected chi connectivity index (χ1v) is 6.91. The number of rotatable bonds is 4. The van der Waals surface area contributed by atoms with Crippen LogP contribution >= 0.6 is 0 Å². The number of methoxy groups -OCH3 is 1. The fourth-order valence-corrected chi connectivity index (χ4v) is 3.69. The van der Waals surface area contributed by atoms with Gasteiger partial charge in [0.1, 0.15) is 0 Å². The maximum Gasteiger partial charge on any atom is 0.319 e. The summed E-state index contributed by atoms with van der Waals surface area (Å²) in [4.78, 5) is 12.7. The Balaban J connectivity index is 2.70. The highest BCUT2D eigenvalue weighted by atomic mass is 32.2. The van der Waals surface area contributed by atoms with Crippen molar-refractivity contribution in [3.8, 4) is 0 Å². The molecule has 6 nitrogen and oxygen atoms in total. The van der Waals surface area contributed by atoms with Gasteiger partial charge in [-0.25, -0.2) is 8.42 Å². The molecule has 1 heterocycles. The third kappa shape index (κ3) is 3.16. The molecular weight excluding hydrogens is 234 g/mol. The lowest BCUT2D eigenvalue weighted by atomic mass is 10.2. The fraction of sp³-hybridized carbons (Fsp3) is 0.889. The summed E-state index contributed by atoms with van der Waals surface area (Å²) in [6.07, 6.45) is -0.922. The average molecular weight is 251 g/mol. The Hall–Kier alpha value is -0.660. The minimum atomic E-state index is -3.19. The highest BCUT2D eigenvalue weighted by Crippen LogP contribution is 2.18. The number of ether oxygens (including phenoxy) is 1. The van der Waals surface area contributed by atoms with E-state index < -0.39 is 28.0 Å². The summed E-state index contributed by atoms with van der Waals surface area (Å²) in [5.41, 5.74) is 0. The lowest BCUT2D eigenvalue weighted by molar-refractivity contribution is -0.142. The van der Waals surface area contributed by atoms with E-state index in [2.05, 4.69) is 4.74 Å². The Labute approximate surface area is 95.1 Å². The molecule has 0 aromatic heterocycles. The maximum absolute atomic E-state index is 11.3. The molecule has 0 aromatic carbocycles. The molecule has 0 bridgehead atoms. The number of nitrogens with zero attached hydrogens (tertiary/aromatic N) is 1. The minimum absolute atomic E-state index is 0.00421. The second kappa shape index (κ2) is 5.11. The van der Waals surface area contributed by atoms with Crippen molar-refractivity contribution in [2.75, 3.05) is 31.7 Å². The quantitative estimate of drug-likeness (QED) is 0.621. The standard InChI is InChI=1S/C9H17NO5S/c1-3-10(4-9(12)15-2)7-5-16(13,14)6-8(7)11/h7-8,11H,3-6H2,1-2H3. The summed E-state index contributed by atoms with van der Waals surface area (Å²) in [5, 5.41) is 9.64. The van der Waals surface area contributed by atoms with Crippen LogP contribution in [0.4, 0.5) is 0 Å². The van der Waals surface area contributed by atoms with Crippen molar-refractivity contribution in [1.82, 2.24) is 4.90 Å². The van der Waals surface area contributed by atoms with Gasteiger partial charge in [-0.2, -0.15) is 0 Å². The molecule has 1 aliphatic heterocycles. The van der Waals surface area contributed by atoms with Gasteiger partial charge in [-0.15, -0.1) is 0 Å². The van der Waals surface area contributed by atoms with Gasteiger partial charge >= 0.3 is 5.97 Å². The van der Waals surface area contributed by atoms with Gasteiger partial charge < -0.3 is 9.84 Å². The summed E-state index contributed by atoms with van der Waals surface area (Å²) in [7, 11) is -1.91. The number of carbonyl (C=O) groups is 1. The molecule has 2 atom stereocenters. The molecule has 1 rings (SSSR count). The van der Waals surface area contributed by atoms with Crippen LogP contribution in [-0.4, -0.2) is 68.2 Å². The first-order valence-electron chi connectivity index (χ1n) is 5.09. The van der Waals surface area contributed by atoms with Gasteiger partial charge in [-0.05, 0) is 6.54 Å². The molecule has 1 N–H and O–H groups in total. The Morgan fingerprint density at radius 3 is 2.50 bits per heavy atom. The summed E-state index contributed by atoms with van der Waals surface area (Å²) in [6, 6.07) is -0.505. The predicted molar refractivity (Wildman–Crippen MR) is 57.7 cm³/mol. The molecular formula is C9H17NO5S. The van der Waals surface area contributed by atoms with Gasteiger partial charge in [-0.1, -0.05) is 6.92 Å². The third-order valence-electron chi connectivity index (χ3n) is 2.73. The van der Waals surface area contributed by atoms with E-state index in [-0.39, 0.29) is 18.1 Å². The van der Waals surface area contributed by atoms with E-state index in [1.54, 1.807) is 11.8 Å². The number of esters is 1. The molecule has 0 aliphatic carbocycles. The van der Waals surface area contributed by atoms with Crippen LogP contribution in [0.3, 0.4) is 0 Å². The number of hydrogen-bond donors (Lipinski definition) is 1. The molecule has 16 heavy (non-hydrogen) atoms. The zero-order valence-corrected chi connectivity index (χ0v) is 10.2. The Kier molecular flexibility index (Phi) is 4.28. The monoisotopic (exact) mass is 251 g/mol. The van der Waals surface area contributed by atoms with Gasteiger partial charge in [0.05, 0.1) is 37.3 Å². The van der Waals surface area contributed by atoms with Gasteiger partial charge in [0, 0.05) is 0 Å². The first kappa shape index (κ1) is 13.4. The molecule has 1 aliphatic rings. The summed E-state index contributed by atoms with van der Waals surface area (Å²) < 4.78 is 27.2. The number of carbonyl (C=O) groups excluding carboxylic acids is 1. The van der Waals surface area contributed by atoms with E-state index in [1.807, 2.05) is 0 Å². The van der Waals surface area contributed by atoms with Crippen molar-refractivity contribution in [2.45, 2.75) is 19.1 Å². The van der Waals surface area contributed by atoms with Crippen LogP contribution in [0.5, 0.6) is 0 Å². The summed E-state index contributed by atoms with van der Waals surface area (Å²) >= 11 is 0. The smallest absolute Gasteiger partial charge is 0.319 e. The van der Waals surface area contributed by atoms with Crippen molar-refractivity contribution >= 4 is 15.8 Å². The number of hydrogen-bond acceptors (Lipinski definition) is 6. The van der Waals surface area contributed by atoms with Crippen molar-refractivity contribution in [1.29, 1.82) is 0 Å². The maximum atomic E-state index is 11.3. The second-order valence-corrected chi connectivity index (χ2v) is 6.00. The zero-order valence-electron chi connectivity index (χ0n) is 9.42. The normalized spacial score (nSPS) is 28.2. The second-order valence-electron chi connectivity index (χ2n) is 3.85. The van der Waals surface area contributed by atoms with Crippen LogP contribution in [0, 0.1) is 0 Å². The Bertz CT molecular complexity index is 353. The van der Waals surface area contributed by atoms with E-state index in [4.69, 9.17) is 0 Å². The van der Waals surface area contributed by atoms with Crippen molar-refractivity contribution < 1.29 is 23.1 Å². The average Bonchev–Trinajstić information content (AvgIpc) is 2.48. The molecule has 7 heteroatoms. The number of likely N-dealkylation sites (N-methyl/N-ethyl adjacent to an activating group) is 1. The van der Waals surface area contributed by atoms with Crippen LogP contribution in [0.2, 0.25) is 0 Å². The number of sulfone groups is 1. The van der Waals surface area contributed by atoms with Crippen molar-refractivity contribution in [3.05, 3.63) is 0 Å². The molecule has 94 valence electrons. The summed E-state index contributed by atoms with van der Waals surface area (Å²) in [5.74, 6) is -0.757. The van der Waals surface area contributed by atoms with Crippen LogP contribution in [0.15, 0.2) is 0 Å². The summed E-state index contributed by atoms with van der Waals surface area (Å²) in [6.45, 7) is 2.30. The molecule has 0 radical (unpaired) electrons. The van der Waals surface area contributed by atoms with Gasteiger partial charge in [0.25, 0.3) is 0 Å². The Morgan fingerprint density at radius 1 is 1.50 bits per heavy atom. The third-order valence-corrected chi connectivity index (χ3v) is 4.43. The van der Waals surface area contributed by atoms with Crippen LogP contribution < -0.4 is 0 Å². The van der Waals surface area contributed by atoms with Gasteiger partial charge in [-0.3, -0.25) is 9.69 Å². The van der Waals surface area contributed by atoms with E-state index in [0.717, 1.165) is 0 Å². The fourth-order valence-electron chi connectivity index (χ4n) is 1.85. The minimum Gasteiger partial charge on any atom is -0.468 e. The lowest BCUT2D eigenvalue weighted by Crippen LogP contribution is -2.45. The number of aliphatic hydroxyl groups excluding tert-OH is 1. The van der Waals surface area contributed by atoms with E-state index in [1.165, 1.54) is 7.11 Å². The molecule has 2 unspecified atom stereocenters. The highest BCUT2D eigenvalue weighted by molar-refractivity contribution is 7.91. The largest absolute Gasteiger partial charge is 0.468 e. The van der Waals surface area contributed by atoms with Crippen molar-refractivity contribution in [3.63, 3.8) is 0 Å². The van der Waals surface area contributed by atoms with Crippen molar-refractivity contribution in [2.24, 2.45) is 0 Å². The van der Waals surface area contributed by atoms with Crippen LogP contribution in [0.1, 0.15) is 6.92 Å². The Morgan fingerprint density at radius 2 is 2.12 bits per heavy atom. The van der Waals surface area contributed by atoms with E-state index in [9.17, 15) is 18.3 Å². The predicted octanol–water partition coefficient (Wildman–Crippen LogP) is -1.36. The molecule has 0 amide bonds. The molecule has 0 aromatic rings. The SMILES string of the molecule is CCN(CC(=O)OC)C1CS(=O)(=O)CC1O. The van der Waals surface area contributed by atoms with Gasteiger partial charge in [0.2, 0.25) is 0 Å². The lowest BCUT2D eigenvalue weighted by Gasteiger charge is -2.27. The molecule has 0 spiro atoms. The van der Waals surface area contributed by atoms with Crippen LogP contribution in [-0.2, 0) is 19.4 Å². The number of aliphatic hydroxyl groups is 1. The topological polar surface area (TPSA) is 83.9 Å². The zero-order chi connectivity index (χ0) is 12.3. The molecule has 1 fully saturated rings.